The molecular weight excluding hydrogens is 727 g/mol. The number of aromatic nitrogens is 2. The molecule has 302 valence electrons. The summed E-state index contributed by atoms with van der Waals surface area (Å²) in [5, 5.41) is 30.4. The molecule has 14 heteroatoms. The summed E-state index contributed by atoms with van der Waals surface area (Å²) in [6, 6.07) is 17.6. The highest BCUT2D eigenvalue weighted by atomic mass is 16.7. The molecule has 14 nitrogen and oxygen atoms in total. The minimum atomic E-state index is -0.833. The van der Waals surface area contributed by atoms with Gasteiger partial charge in [-0.1, -0.05) is 43.8 Å². The van der Waals surface area contributed by atoms with Gasteiger partial charge >= 0.3 is 0 Å². The molecule has 4 aromatic rings. The summed E-state index contributed by atoms with van der Waals surface area (Å²) in [6.07, 6.45) is 4.22. The predicted molar refractivity (Wildman–Crippen MR) is 214 cm³/mol. The zero-order valence-electron chi connectivity index (χ0n) is 32.8. The summed E-state index contributed by atoms with van der Waals surface area (Å²) in [7, 11) is 3.26. The minimum Gasteiger partial charge on any atom is -0.488 e. The third-order valence-electron chi connectivity index (χ3n) is 11.4. The molecule has 5 N–H and O–H groups in total. The van der Waals surface area contributed by atoms with E-state index in [4.69, 9.17) is 33.7 Å². The normalized spacial score (nSPS) is 22.8. The average Bonchev–Trinajstić information content (AvgIpc) is 3.97. The zero-order chi connectivity index (χ0) is 39.5. The molecular formula is C43H53N7O7. The highest BCUT2D eigenvalue weighted by molar-refractivity contribution is 5.89. The minimum absolute atomic E-state index is 0.114. The van der Waals surface area contributed by atoms with Gasteiger partial charge < -0.3 is 44.3 Å². The number of amidine groups is 1. The van der Waals surface area contributed by atoms with E-state index in [1.165, 1.54) is 5.06 Å². The number of aliphatic imine (C=N–C) groups is 1. The Bertz CT molecular complexity index is 2010. The number of ether oxygens (including phenoxy) is 5. The summed E-state index contributed by atoms with van der Waals surface area (Å²) < 4.78 is 28.8. The number of nitrogens with one attached hydrogen (secondary N) is 3. The molecule has 0 bridgehead atoms. The highest BCUT2D eigenvalue weighted by Crippen LogP contribution is 2.50. The number of imidazole rings is 1. The first-order valence-corrected chi connectivity index (χ1v) is 19.6. The third kappa shape index (κ3) is 8.22. The Morgan fingerprint density at radius 2 is 1.82 bits per heavy atom. The Kier molecular flexibility index (Phi) is 12.0. The number of aliphatic hydroxyl groups is 1. The van der Waals surface area contributed by atoms with Crippen LogP contribution in [0.3, 0.4) is 0 Å². The van der Waals surface area contributed by atoms with Crippen LogP contribution in [0.5, 0.6) is 11.5 Å². The molecule has 2 fully saturated rings. The van der Waals surface area contributed by atoms with Gasteiger partial charge in [0, 0.05) is 55.1 Å². The van der Waals surface area contributed by atoms with Crippen molar-refractivity contribution >= 4 is 5.84 Å². The Labute approximate surface area is 333 Å². The molecule has 1 aromatic heterocycles. The number of hydrogen-bond acceptors (Lipinski definition) is 12. The van der Waals surface area contributed by atoms with Crippen molar-refractivity contribution in [3.63, 3.8) is 0 Å². The van der Waals surface area contributed by atoms with Crippen LogP contribution in [0.1, 0.15) is 59.9 Å². The van der Waals surface area contributed by atoms with Gasteiger partial charge in [0.1, 0.15) is 49.4 Å². The number of nitrogens with zero attached hydrogens (tertiary/aromatic N) is 4. The lowest BCUT2D eigenvalue weighted by atomic mass is 9.88. The lowest BCUT2D eigenvalue weighted by Crippen LogP contribution is -2.45. The molecule has 57 heavy (non-hydrogen) atoms. The second-order valence-electron chi connectivity index (χ2n) is 15.5. The maximum atomic E-state index is 11.9. The molecule has 8 rings (SSSR count). The lowest BCUT2D eigenvalue weighted by Gasteiger charge is -2.34. The topological polar surface area (TPSA) is 158 Å². The van der Waals surface area contributed by atoms with Crippen LogP contribution in [0.2, 0.25) is 0 Å². The number of hydroxylamine groups is 2. The van der Waals surface area contributed by atoms with Gasteiger partial charge in [0.2, 0.25) is 0 Å². The van der Waals surface area contributed by atoms with Gasteiger partial charge in [0.15, 0.2) is 0 Å². The Hall–Kier alpha value is -4.64. The predicted octanol–water partition coefficient (Wildman–Crippen LogP) is 5.50. The summed E-state index contributed by atoms with van der Waals surface area (Å²) in [5.41, 5.74) is 8.01. The summed E-state index contributed by atoms with van der Waals surface area (Å²) in [6.45, 7) is 9.45. The SMILES string of the molecule is C=CNC(=NCc1cc2c3c(c1)OCc1cc(-c4cnc([C@@H]5CC(C)CN5C(O)[C@H](NCOCOC)c5ccccc5)[nH]4)cc(c1-3)OC2)[C@@H]1C[C@H](COC)CN1O. The van der Waals surface area contributed by atoms with Crippen LogP contribution in [-0.2, 0) is 34.0 Å². The fourth-order valence-electron chi connectivity index (χ4n) is 8.84. The van der Waals surface area contributed by atoms with Crippen molar-refractivity contribution in [2.75, 3.05) is 47.4 Å². The van der Waals surface area contributed by atoms with Crippen LogP contribution < -0.4 is 20.1 Å². The van der Waals surface area contributed by atoms with Crippen LogP contribution >= 0.6 is 0 Å². The van der Waals surface area contributed by atoms with Crippen molar-refractivity contribution < 1.29 is 34.0 Å². The molecule has 0 aliphatic carbocycles. The second-order valence-corrected chi connectivity index (χ2v) is 15.5. The molecule has 2 saturated heterocycles. The number of H-pyrrole nitrogens is 1. The zero-order valence-corrected chi connectivity index (χ0v) is 32.8. The monoisotopic (exact) mass is 779 g/mol. The first-order valence-electron chi connectivity index (χ1n) is 19.6. The van der Waals surface area contributed by atoms with Gasteiger partial charge in [-0.2, -0.15) is 5.06 Å². The van der Waals surface area contributed by atoms with Crippen molar-refractivity contribution in [3.05, 3.63) is 102 Å². The molecule has 0 amide bonds. The van der Waals surface area contributed by atoms with Crippen LogP contribution in [0.25, 0.3) is 22.4 Å². The Morgan fingerprint density at radius 3 is 2.58 bits per heavy atom. The molecule has 0 radical (unpaired) electrons. The van der Waals surface area contributed by atoms with Gasteiger partial charge in [-0.05, 0) is 66.3 Å². The first-order chi connectivity index (χ1) is 27.8. The maximum absolute atomic E-state index is 11.9. The number of rotatable bonds is 16. The number of benzene rings is 3. The molecule has 4 aliphatic rings. The van der Waals surface area contributed by atoms with E-state index in [2.05, 4.69) is 58.3 Å². The third-order valence-corrected chi connectivity index (χ3v) is 11.4. The van der Waals surface area contributed by atoms with Crippen LogP contribution in [0.15, 0.2) is 78.6 Å². The molecule has 5 heterocycles. The quantitative estimate of drug-likeness (QED) is 0.0422. The van der Waals surface area contributed by atoms with E-state index in [1.54, 1.807) is 20.4 Å². The molecule has 0 saturated carbocycles. The van der Waals surface area contributed by atoms with Crippen LogP contribution in [0, 0.1) is 11.8 Å². The molecule has 3 aromatic carbocycles. The van der Waals surface area contributed by atoms with Gasteiger partial charge in [-0.25, -0.2) is 4.98 Å². The molecule has 6 atom stereocenters. The Morgan fingerprint density at radius 1 is 1.05 bits per heavy atom. The van der Waals surface area contributed by atoms with Gasteiger partial charge in [0.25, 0.3) is 0 Å². The molecule has 2 unspecified atom stereocenters. The average molecular weight is 780 g/mol. The molecule has 0 spiro atoms. The van der Waals surface area contributed by atoms with E-state index in [9.17, 15) is 10.3 Å². The van der Waals surface area contributed by atoms with Crippen molar-refractivity contribution in [2.45, 2.75) is 63.9 Å². The van der Waals surface area contributed by atoms with E-state index < -0.39 is 12.3 Å². The van der Waals surface area contributed by atoms with Crippen LogP contribution in [0.4, 0.5) is 0 Å². The van der Waals surface area contributed by atoms with Crippen LogP contribution in [-0.4, -0.2) is 95.8 Å². The largest absolute Gasteiger partial charge is 0.488 e. The first kappa shape index (κ1) is 39.2. The van der Waals surface area contributed by atoms with Gasteiger partial charge in [0.05, 0.1) is 49.9 Å². The second kappa shape index (κ2) is 17.5. The summed E-state index contributed by atoms with van der Waals surface area (Å²) >= 11 is 0. The standard InChI is InChI=1S/C43H53N7O7/c1-5-44-41(35-13-28(21-53-3)20-50(35)52)45-17-27-12-31-22-57-37-16-30(15-32-23-56-36(14-27)38(31)39(32)37)33-18-46-42(48-33)34-11-26(2)19-49(34)43(51)40(47-24-55-25-54-4)29-9-7-6-8-10-29/h5-10,12,14-16,18,26,28,34-35,40,43,47,51-52H,1,11,13,17,19-25H2,2-4H3,(H,44,45)(H,46,48)/t26?,28-,34-,35-,40+,43?/m0/s1. The number of likely N-dealkylation sites (tertiary alicyclic amines) is 1. The van der Waals surface area contributed by atoms with Gasteiger partial charge in [-0.15, -0.1) is 0 Å². The highest BCUT2D eigenvalue weighted by Gasteiger charge is 2.40. The van der Waals surface area contributed by atoms with Gasteiger partial charge in [-0.3, -0.25) is 15.2 Å². The lowest BCUT2D eigenvalue weighted by molar-refractivity contribution is -0.0888. The van der Waals surface area contributed by atoms with E-state index in [1.807, 2.05) is 36.5 Å². The van der Waals surface area contributed by atoms with E-state index in [-0.39, 0.29) is 31.5 Å². The van der Waals surface area contributed by atoms with E-state index >= 15 is 0 Å². The maximum Gasteiger partial charge on any atom is 0.148 e. The fraction of sp³-hybridized carbons (Fsp3) is 0.442. The van der Waals surface area contributed by atoms with Crippen molar-refractivity contribution in [2.24, 2.45) is 16.8 Å². The summed E-state index contributed by atoms with van der Waals surface area (Å²) in [4.78, 5) is 15.5. The Balaban J connectivity index is 1.01. The number of aliphatic hydroxyl groups excluding tert-OH is 1. The van der Waals surface area contributed by atoms with E-state index in [0.29, 0.717) is 44.7 Å². The number of hydrogen-bond donors (Lipinski definition) is 5. The number of methoxy groups -OCH3 is 2. The van der Waals surface area contributed by atoms with Crippen molar-refractivity contribution in [1.82, 2.24) is 30.6 Å². The van der Waals surface area contributed by atoms with E-state index in [0.717, 1.165) is 81.3 Å². The molecule has 4 aliphatic heterocycles. The van der Waals surface area contributed by atoms with Crippen molar-refractivity contribution in [3.8, 4) is 33.9 Å². The number of aromatic amines is 1. The van der Waals surface area contributed by atoms with Crippen molar-refractivity contribution in [1.29, 1.82) is 0 Å². The fourth-order valence-corrected chi connectivity index (χ4v) is 8.84. The summed E-state index contributed by atoms with van der Waals surface area (Å²) in [5.74, 6) is 3.69. The smallest absolute Gasteiger partial charge is 0.148 e.